The molecule has 0 heterocycles. The number of hydrogen-bond acceptors (Lipinski definition) is 2. The molecule has 0 unspecified atom stereocenters. The fourth-order valence-corrected chi connectivity index (χ4v) is 1.33. The molecule has 6 heteroatoms. The monoisotopic (exact) mass is 233 g/mol. The molecule has 0 aromatic heterocycles. The van der Waals surface area contributed by atoms with Gasteiger partial charge in [0.2, 0.25) is 0 Å². The SMILES string of the molecule is Cc1cc(C(=O)O)ccc1[C@@H](N)C(F)(F)F. The van der Waals surface area contributed by atoms with Gasteiger partial charge in [0.05, 0.1) is 5.56 Å². The van der Waals surface area contributed by atoms with Gasteiger partial charge in [0.15, 0.2) is 0 Å². The van der Waals surface area contributed by atoms with E-state index in [1.165, 1.54) is 13.0 Å². The molecule has 0 spiro atoms. The van der Waals surface area contributed by atoms with E-state index in [1.807, 2.05) is 0 Å². The van der Waals surface area contributed by atoms with Crippen molar-refractivity contribution in [3.05, 3.63) is 34.9 Å². The number of rotatable bonds is 2. The second-order valence-electron chi connectivity index (χ2n) is 3.40. The lowest BCUT2D eigenvalue weighted by Gasteiger charge is -2.18. The van der Waals surface area contributed by atoms with E-state index in [-0.39, 0.29) is 16.7 Å². The third-order valence-electron chi connectivity index (χ3n) is 2.20. The molecule has 0 saturated heterocycles. The van der Waals surface area contributed by atoms with Gasteiger partial charge in [0.25, 0.3) is 0 Å². The first-order valence-corrected chi connectivity index (χ1v) is 4.39. The highest BCUT2D eigenvalue weighted by atomic mass is 19.4. The van der Waals surface area contributed by atoms with Crippen molar-refractivity contribution in [2.24, 2.45) is 5.73 Å². The van der Waals surface area contributed by atoms with Gasteiger partial charge < -0.3 is 10.8 Å². The summed E-state index contributed by atoms with van der Waals surface area (Å²) < 4.78 is 37.0. The normalized spacial score (nSPS) is 13.6. The number of alkyl halides is 3. The summed E-state index contributed by atoms with van der Waals surface area (Å²) in [6.45, 7) is 1.40. The molecule has 3 N–H and O–H groups in total. The number of carboxylic acids is 1. The maximum Gasteiger partial charge on any atom is 0.407 e. The number of benzene rings is 1. The van der Waals surface area contributed by atoms with Crippen LogP contribution >= 0.6 is 0 Å². The first kappa shape index (κ1) is 12.5. The minimum Gasteiger partial charge on any atom is -0.478 e. The van der Waals surface area contributed by atoms with E-state index < -0.39 is 18.2 Å². The molecule has 0 aliphatic rings. The lowest BCUT2D eigenvalue weighted by Crippen LogP contribution is -2.29. The second kappa shape index (κ2) is 4.13. The Hall–Kier alpha value is -1.56. The van der Waals surface area contributed by atoms with Crippen LogP contribution in [0.4, 0.5) is 13.2 Å². The fourth-order valence-electron chi connectivity index (χ4n) is 1.33. The summed E-state index contributed by atoms with van der Waals surface area (Å²) in [7, 11) is 0. The van der Waals surface area contributed by atoms with Crippen LogP contribution in [0.25, 0.3) is 0 Å². The van der Waals surface area contributed by atoms with Crippen LogP contribution in [-0.2, 0) is 0 Å². The average molecular weight is 233 g/mol. The van der Waals surface area contributed by atoms with Crippen LogP contribution in [0.15, 0.2) is 18.2 Å². The van der Waals surface area contributed by atoms with Crippen molar-refractivity contribution in [1.82, 2.24) is 0 Å². The molecular formula is C10H10F3NO2. The number of hydrogen-bond donors (Lipinski definition) is 2. The highest BCUT2D eigenvalue weighted by molar-refractivity contribution is 5.87. The maximum absolute atomic E-state index is 12.3. The predicted octanol–water partition coefficient (Wildman–Crippen LogP) is 2.26. The summed E-state index contributed by atoms with van der Waals surface area (Å²) in [4.78, 5) is 10.6. The standard InChI is InChI=1S/C10H10F3NO2/c1-5-4-6(9(15)16)2-3-7(5)8(14)10(11,12)13/h2-4,8H,14H2,1H3,(H,15,16)/t8-/m1/s1. The van der Waals surface area contributed by atoms with Crippen LogP contribution in [0.3, 0.4) is 0 Å². The Kier molecular flexibility index (Phi) is 3.23. The Labute approximate surface area is 89.7 Å². The van der Waals surface area contributed by atoms with E-state index >= 15 is 0 Å². The quantitative estimate of drug-likeness (QED) is 0.823. The van der Waals surface area contributed by atoms with E-state index in [9.17, 15) is 18.0 Å². The van der Waals surface area contributed by atoms with Crippen molar-refractivity contribution in [1.29, 1.82) is 0 Å². The van der Waals surface area contributed by atoms with Crippen molar-refractivity contribution in [2.75, 3.05) is 0 Å². The zero-order valence-corrected chi connectivity index (χ0v) is 8.38. The van der Waals surface area contributed by atoms with Crippen LogP contribution in [-0.4, -0.2) is 17.3 Å². The van der Waals surface area contributed by atoms with Gasteiger partial charge in [0, 0.05) is 0 Å². The van der Waals surface area contributed by atoms with E-state index in [0.29, 0.717) is 0 Å². The van der Waals surface area contributed by atoms with Crippen LogP contribution in [0, 0.1) is 6.92 Å². The lowest BCUT2D eigenvalue weighted by molar-refractivity contribution is -0.149. The molecule has 0 saturated carbocycles. The number of halogens is 3. The van der Waals surface area contributed by atoms with Crippen molar-refractivity contribution in [2.45, 2.75) is 19.1 Å². The van der Waals surface area contributed by atoms with E-state index in [4.69, 9.17) is 10.8 Å². The summed E-state index contributed by atoms with van der Waals surface area (Å²) in [5.74, 6) is -1.18. The van der Waals surface area contributed by atoms with Gasteiger partial charge in [-0.15, -0.1) is 0 Å². The Balaban J connectivity index is 3.13. The third-order valence-corrected chi connectivity index (χ3v) is 2.20. The van der Waals surface area contributed by atoms with Crippen molar-refractivity contribution < 1.29 is 23.1 Å². The second-order valence-corrected chi connectivity index (χ2v) is 3.40. The lowest BCUT2D eigenvalue weighted by atomic mass is 9.99. The molecule has 1 atom stereocenters. The largest absolute Gasteiger partial charge is 0.478 e. The Bertz CT molecular complexity index is 415. The number of nitrogens with two attached hydrogens (primary N) is 1. The van der Waals surface area contributed by atoms with Crippen molar-refractivity contribution in [3.63, 3.8) is 0 Å². The average Bonchev–Trinajstić information content (AvgIpc) is 2.15. The predicted molar refractivity (Wildman–Crippen MR) is 51.1 cm³/mol. The van der Waals surface area contributed by atoms with Crippen LogP contribution < -0.4 is 5.73 Å². The summed E-state index contributed by atoms with van der Waals surface area (Å²) >= 11 is 0. The van der Waals surface area contributed by atoms with Crippen LogP contribution in [0.1, 0.15) is 27.5 Å². The molecule has 3 nitrogen and oxygen atoms in total. The first-order valence-electron chi connectivity index (χ1n) is 4.39. The molecule has 1 aromatic carbocycles. The maximum atomic E-state index is 12.3. The fraction of sp³-hybridized carbons (Fsp3) is 0.300. The topological polar surface area (TPSA) is 63.3 Å². The van der Waals surface area contributed by atoms with Gasteiger partial charge in [0.1, 0.15) is 6.04 Å². The summed E-state index contributed by atoms with van der Waals surface area (Å²) in [6, 6.07) is 1.28. The molecule has 0 aliphatic heterocycles. The van der Waals surface area contributed by atoms with Gasteiger partial charge >= 0.3 is 12.1 Å². The van der Waals surface area contributed by atoms with Gasteiger partial charge in [-0.25, -0.2) is 4.79 Å². The molecule has 0 radical (unpaired) electrons. The Morgan fingerprint density at radius 3 is 2.38 bits per heavy atom. The Morgan fingerprint density at radius 2 is 2.00 bits per heavy atom. The molecule has 0 bridgehead atoms. The highest BCUT2D eigenvalue weighted by Gasteiger charge is 2.38. The molecule has 0 fully saturated rings. The number of aromatic carboxylic acids is 1. The van der Waals surface area contributed by atoms with Crippen LogP contribution in [0.5, 0.6) is 0 Å². The highest BCUT2D eigenvalue weighted by Crippen LogP contribution is 2.32. The molecule has 0 amide bonds. The Morgan fingerprint density at radius 1 is 1.44 bits per heavy atom. The molecule has 1 rings (SSSR count). The summed E-state index contributed by atoms with van der Waals surface area (Å²) in [5, 5.41) is 8.65. The van der Waals surface area contributed by atoms with Crippen molar-refractivity contribution in [3.8, 4) is 0 Å². The number of aryl methyl sites for hydroxylation is 1. The van der Waals surface area contributed by atoms with E-state index in [1.54, 1.807) is 0 Å². The zero-order valence-electron chi connectivity index (χ0n) is 8.38. The molecule has 1 aromatic rings. The zero-order chi connectivity index (χ0) is 12.5. The molecule has 16 heavy (non-hydrogen) atoms. The minimum absolute atomic E-state index is 0.0596. The third kappa shape index (κ3) is 2.52. The smallest absolute Gasteiger partial charge is 0.407 e. The van der Waals surface area contributed by atoms with E-state index in [0.717, 1.165) is 12.1 Å². The molecule has 0 aliphatic carbocycles. The first-order chi connectivity index (χ1) is 7.23. The van der Waals surface area contributed by atoms with Gasteiger partial charge in [-0.2, -0.15) is 13.2 Å². The van der Waals surface area contributed by atoms with E-state index in [2.05, 4.69) is 0 Å². The van der Waals surface area contributed by atoms with Crippen LogP contribution in [0.2, 0.25) is 0 Å². The minimum atomic E-state index is -4.53. The van der Waals surface area contributed by atoms with Gasteiger partial charge in [-0.3, -0.25) is 0 Å². The molecule has 88 valence electrons. The number of carbonyl (C=O) groups is 1. The summed E-state index contributed by atoms with van der Waals surface area (Å²) in [6.07, 6.45) is -4.53. The summed E-state index contributed by atoms with van der Waals surface area (Å²) in [5.41, 5.74) is 5.07. The molecular weight excluding hydrogens is 223 g/mol. The van der Waals surface area contributed by atoms with Gasteiger partial charge in [-0.05, 0) is 30.2 Å². The van der Waals surface area contributed by atoms with Crippen molar-refractivity contribution >= 4 is 5.97 Å². The van der Waals surface area contributed by atoms with Gasteiger partial charge in [-0.1, -0.05) is 6.07 Å². The number of carboxylic acid groups (broad SMARTS) is 1.